The summed E-state index contributed by atoms with van der Waals surface area (Å²) in [6.45, 7) is 2.11. The Hall–Kier alpha value is -3.51. The number of pyridine rings is 3. The number of aryl methyl sites for hydroxylation is 1. The van der Waals surface area contributed by atoms with Crippen molar-refractivity contribution in [3.05, 3.63) is 99.1 Å². The normalized spacial score (nSPS) is 10.8. The summed E-state index contributed by atoms with van der Waals surface area (Å²) in [4.78, 5) is 34.6. The molecule has 4 rings (SSSR count). The minimum absolute atomic E-state index is 0.0320. The minimum Gasteiger partial charge on any atom is -0.306 e. The topological polar surface area (TPSA) is 76.9 Å². The van der Waals surface area contributed by atoms with Crippen molar-refractivity contribution in [2.75, 3.05) is 5.32 Å². The summed E-state index contributed by atoms with van der Waals surface area (Å²) in [5.41, 5.74) is 1.81. The van der Waals surface area contributed by atoms with E-state index in [1.165, 1.54) is 4.57 Å². The van der Waals surface area contributed by atoms with Crippen molar-refractivity contribution in [3.63, 3.8) is 0 Å². The number of hydrogen-bond acceptors (Lipinski definition) is 4. The molecule has 0 saturated heterocycles. The second-order valence-corrected chi connectivity index (χ2v) is 7.05. The zero-order valence-corrected chi connectivity index (χ0v) is 16.3. The van der Waals surface area contributed by atoms with E-state index < -0.39 is 11.5 Å². The maximum atomic E-state index is 13.2. The van der Waals surface area contributed by atoms with Crippen LogP contribution in [0, 0.1) is 6.92 Å². The number of rotatable bonds is 4. The van der Waals surface area contributed by atoms with Gasteiger partial charge in [0.05, 0.1) is 6.54 Å². The molecule has 1 N–H and O–H groups in total. The molecule has 144 valence electrons. The lowest BCUT2D eigenvalue weighted by Gasteiger charge is -2.13. The van der Waals surface area contributed by atoms with Gasteiger partial charge in [-0.15, -0.1) is 0 Å². The Morgan fingerprint density at radius 2 is 1.79 bits per heavy atom. The molecule has 0 spiro atoms. The van der Waals surface area contributed by atoms with E-state index >= 15 is 0 Å². The molecule has 0 bridgehead atoms. The molecule has 4 aromatic rings. The maximum Gasteiger partial charge on any atom is 0.265 e. The highest BCUT2D eigenvalue weighted by Crippen LogP contribution is 2.16. The van der Waals surface area contributed by atoms with E-state index in [4.69, 9.17) is 11.6 Å². The summed E-state index contributed by atoms with van der Waals surface area (Å²) in [6, 6.07) is 16.0. The molecule has 3 heterocycles. The van der Waals surface area contributed by atoms with E-state index in [-0.39, 0.29) is 12.1 Å². The summed E-state index contributed by atoms with van der Waals surface area (Å²) < 4.78 is 1.50. The van der Waals surface area contributed by atoms with Gasteiger partial charge < -0.3 is 5.32 Å². The van der Waals surface area contributed by atoms with Crippen molar-refractivity contribution < 1.29 is 4.79 Å². The molecule has 0 fully saturated rings. The number of fused-ring (bicyclic) bond motifs is 1. The first-order valence-electron chi connectivity index (χ1n) is 8.99. The van der Waals surface area contributed by atoms with Crippen molar-refractivity contribution in [2.24, 2.45) is 0 Å². The Bertz CT molecular complexity index is 1270. The largest absolute Gasteiger partial charge is 0.306 e. The highest BCUT2D eigenvalue weighted by atomic mass is 35.5. The van der Waals surface area contributed by atoms with Crippen molar-refractivity contribution in [3.8, 4) is 0 Å². The van der Waals surface area contributed by atoms with E-state index in [9.17, 15) is 9.59 Å². The first-order valence-corrected chi connectivity index (χ1v) is 9.37. The fourth-order valence-electron chi connectivity index (χ4n) is 3.08. The lowest BCUT2D eigenvalue weighted by Crippen LogP contribution is -2.30. The molecule has 1 aromatic carbocycles. The van der Waals surface area contributed by atoms with Crippen molar-refractivity contribution in [1.82, 2.24) is 14.5 Å². The molecule has 0 aliphatic rings. The molecule has 0 atom stereocenters. The lowest BCUT2D eigenvalue weighted by atomic mass is 10.1. The molecule has 29 heavy (non-hydrogen) atoms. The first kappa shape index (κ1) is 18.8. The summed E-state index contributed by atoms with van der Waals surface area (Å²) >= 11 is 5.96. The molecule has 3 aromatic heterocycles. The van der Waals surface area contributed by atoms with Crippen molar-refractivity contribution >= 4 is 34.4 Å². The van der Waals surface area contributed by atoms with Crippen LogP contribution < -0.4 is 10.9 Å². The standard InChI is InChI=1S/C22H17ClN4O2/c1-14-4-2-10-24-19(14)26-21(28)18-12-16-5-3-11-25-20(16)27(22(18)29)13-15-6-8-17(23)9-7-15/h2-12H,13H2,1H3,(H,24,26,28). The van der Waals surface area contributed by atoms with Gasteiger partial charge in [0.15, 0.2) is 0 Å². The number of carbonyl (C=O) groups is 1. The minimum atomic E-state index is -0.507. The van der Waals surface area contributed by atoms with Crippen LogP contribution in [0.15, 0.2) is 71.8 Å². The van der Waals surface area contributed by atoms with Crippen LogP contribution in [0.1, 0.15) is 21.5 Å². The number of nitrogens with zero attached hydrogens (tertiary/aromatic N) is 3. The second kappa shape index (κ2) is 7.85. The number of halogens is 1. The maximum absolute atomic E-state index is 13.2. The number of amides is 1. The predicted molar refractivity (Wildman–Crippen MR) is 113 cm³/mol. The molecule has 0 radical (unpaired) electrons. The lowest BCUT2D eigenvalue weighted by molar-refractivity contribution is 0.102. The molecule has 0 aliphatic carbocycles. The van der Waals surface area contributed by atoms with Gasteiger partial charge in [-0.2, -0.15) is 0 Å². The van der Waals surface area contributed by atoms with Gasteiger partial charge in [-0.1, -0.05) is 29.8 Å². The van der Waals surface area contributed by atoms with Crippen molar-refractivity contribution in [1.29, 1.82) is 0 Å². The number of carbonyl (C=O) groups excluding carboxylic acids is 1. The summed E-state index contributed by atoms with van der Waals surface area (Å²) in [5, 5.41) is 4.04. The Kier molecular flexibility index (Phi) is 5.10. The molecule has 6 nitrogen and oxygen atoms in total. The van der Waals surface area contributed by atoms with Gasteiger partial charge in [0, 0.05) is 22.8 Å². The molecule has 0 saturated carbocycles. The highest BCUT2D eigenvalue weighted by Gasteiger charge is 2.17. The summed E-state index contributed by atoms with van der Waals surface area (Å²) in [7, 11) is 0. The average Bonchev–Trinajstić information content (AvgIpc) is 2.73. The molecule has 0 unspecified atom stereocenters. The summed E-state index contributed by atoms with van der Waals surface area (Å²) in [6.07, 6.45) is 3.21. The van der Waals surface area contributed by atoms with Gasteiger partial charge in [-0.25, -0.2) is 9.97 Å². The van der Waals surface area contributed by atoms with E-state index in [0.29, 0.717) is 21.9 Å². The van der Waals surface area contributed by atoms with Crippen LogP contribution in [0.5, 0.6) is 0 Å². The van der Waals surface area contributed by atoms with E-state index in [2.05, 4.69) is 15.3 Å². The fourth-order valence-corrected chi connectivity index (χ4v) is 3.21. The third-order valence-electron chi connectivity index (χ3n) is 4.59. The van der Waals surface area contributed by atoms with Crippen LogP contribution in [-0.2, 0) is 6.54 Å². The van der Waals surface area contributed by atoms with E-state index in [1.54, 1.807) is 42.7 Å². The van der Waals surface area contributed by atoms with Gasteiger partial charge in [0.2, 0.25) is 0 Å². The molecule has 1 amide bonds. The van der Waals surface area contributed by atoms with Crippen LogP contribution >= 0.6 is 11.6 Å². The third-order valence-corrected chi connectivity index (χ3v) is 4.84. The SMILES string of the molecule is Cc1cccnc1NC(=O)c1cc2cccnc2n(Cc2ccc(Cl)cc2)c1=O. The quantitative estimate of drug-likeness (QED) is 0.556. The number of anilines is 1. The van der Waals surface area contributed by atoms with Crippen LogP contribution in [0.2, 0.25) is 5.02 Å². The molecule has 7 heteroatoms. The number of hydrogen-bond donors (Lipinski definition) is 1. The van der Waals surface area contributed by atoms with Crippen molar-refractivity contribution in [2.45, 2.75) is 13.5 Å². The summed E-state index contributed by atoms with van der Waals surface area (Å²) in [5.74, 6) is -0.0835. The Balaban J connectivity index is 1.80. The van der Waals surface area contributed by atoms with E-state index in [0.717, 1.165) is 11.1 Å². The third kappa shape index (κ3) is 3.88. The second-order valence-electron chi connectivity index (χ2n) is 6.62. The van der Waals surface area contributed by atoms with Gasteiger partial charge in [-0.3, -0.25) is 14.2 Å². The van der Waals surface area contributed by atoms with Gasteiger partial charge in [0.1, 0.15) is 17.0 Å². The monoisotopic (exact) mass is 404 g/mol. The van der Waals surface area contributed by atoms with Crippen LogP contribution in [-0.4, -0.2) is 20.4 Å². The molecule has 0 aliphatic heterocycles. The Labute approximate surface area is 171 Å². The Morgan fingerprint density at radius 1 is 1.07 bits per heavy atom. The van der Waals surface area contributed by atoms with E-state index in [1.807, 2.05) is 31.2 Å². The van der Waals surface area contributed by atoms with Gasteiger partial charge in [-0.05, 0) is 54.4 Å². The smallest absolute Gasteiger partial charge is 0.265 e. The predicted octanol–water partition coefficient (Wildman–Crippen LogP) is 4.05. The Morgan fingerprint density at radius 3 is 2.55 bits per heavy atom. The highest BCUT2D eigenvalue weighted by molar-refractivity contribution is 6.30. The average molecular weight is 405 g/mol. The number of benzene rings is 1. The fraction of sp³-hybridized carbons (Fsp3) is 0.0909. The number of nitrogens with one attached hydrogen (secondary N) is 1. The van der Waals surface area contributed by atoms with Crippen LogP contribution in [0.4, 0.5) is 5.82 Å². The zero-order chi connectivity index (χ0) is 20.4. The zero-order valence-electron chi connectivity index (χ0n) is 15.6. The van der Waals surface area contributed by atoms with Gasteiger partial charge >= 0.3 is 0 Å². The van der Waals surface area contributed by atoms with Crippen LogP contribution in [0.25, 0.3) is 11.0 Å². The number of aromatic nitrogens is 3. The molecular formula is C22H17ClN4O2. The van der Waals surface area contributed by atoms with Crippen LogP contribution in [0.3, 0.4) is 0 Å². The molecular weight excluding hydrogens is 388 g/mol. The van der Waals surface area contributed by atoms with Gasteiger partial charge in [0.25, 0.3) is 11.5 Å². The first-order chi connectivity index (χ1) is 14.0.